The Labute approximate surface area is 164 Å². The van der Waals surface area contributed by atoms with Gasteiger partial charge in [0.05, 0.1) is 0 Å². The fourth-order valence-corrected chi connectivity index (χ4v) is 3.27. The maximum absolute atomic E-state index is 10.9. The molecule has 27 heavy (non-hydrogen) atoms. The van der Waals surface area contributed by atoms with Crippen LogP contribution in [0.2, 0.25) is 0 Å². The molecule has 0 spiro atoms. The third-order valence-electron chi connectivity index (χ3n) is 4.78. The Kier molecular flexibility index (Phi) is 6.09. The van der Waals surface area contributed by atoms with Crippen LogP contribution in [0.25, 0.3) is 5.57 Å². The maximum Gasteiger partial charge on any atom is 0.286 e. The van der Waals surface area contributed by atoms with E-state index < -0.39 is 0 Å². The van der Waals surface area contributed by atoms with Crippen molar-refractivity contribution in [2.75, 3.05) is 0 Å². The lowest BCUT2D eigenvalue weighted by atomic mass is 9.78. The molecular weight excluding hydrogens is 332 g/mol. The quantitative estimate of drug-likeness (QED) is 0.575. The summed E-state index contributed by atoms with van der Waals surface area (Å²) in [5.74, 6) is 0.767. The summed E-state index contributed by atoms with van der Waals surface area (Å²) < 4.78 is 6.23. The van der Waals surface area contributed by atoms with Gasteiger partial charge in [0.1, 0.15) is 5.75 Å². The highest BCUT2D eigenvalue weighted by Gasteiger charge is 2.28. The highest BCUT2D eigenvalue weighted by molar-refractivity contribution is 5.66. The second-order valence-corrected chi connectivity index (χ2v) is 9.29. The van der Waals surface area contributed by atoms with Gasteiger partial charge in [-0.15, -0.1) is 0 Å². The molecule has 1 N–H and O–H groups in total. The Morgan fingerprint density at radius 1 is 0.889 bits per heavy atom. The number of aryl methyl sites for hydroxylation is 1. The van der Waals surface area contributed by atoms with Crippen molar-refractivity contribution >= 4 is 5.57 Å². The van der Waals surface area contributed by atoms with E-state index in [0.717, 1.165) is 28.0 Å². The zero-order chi connectivity index (χ0) is 20.4. The zero-order valence-electron chi connectivity index (χ0n) is 18.1. The molecule has 146 valence electrons. The van der Waals surface area contributed by atoms with Crippen molar-refractivity contribution in [1.29, 1.82) is 0 Å². The van der Waals surface area contributed by atoms with Crippen LogP contribution >= 0.6 is 0 Å². The number of benzene rings is 2. The summed E-state index contributed by atoms with van der Waals surface area (Å²) in [6, 6.07) is 14.3. The average Bonchev–Trinajstić information content (AvgIpc) is 2.56. The highest BCUT2D eigenvalue weighted by Crippen LogP contribution is 2.42. The molecule has 2 aromatic carbocycles. The van der Waals surface area contributed by atoms with Crippen molar-refractivity contribution in [3.05, 3.63) is 70.7 Å². The van der Waals surface area contributed by atoms with Gasteiger partial charge in [0.15, 0.2) is 0 Å². The van der Waals surface area contributed by atoms with E-state index in [1.807, 2.05) is 37.3 Å². The van der Waals surface area contributed by atoms with Crippen LogP contribution in [0.3, 0.4) is 0 Å². The van der Waals surface area contributed by atoms with Crippen molar-refractivity contribution in [3.8, 4) is 5.75 Å². The number of aliphatic hydroxyl groups excluding tert-OH is 1. The Morgan fingerprint density at radius 3 is 1.78 bits per heavy atom. The standard InChI is InChI=1S/C25H34O2/c1-9-19(18-13-11-10-12-14-18)23(26)27-22-20(24(3,4)5)15-17(2)16-21(22)25(6,7)8/h10-16,26H,9H2,1-8H3/b23-19+. The van der Waals surface area contributed by atoms with Crippen molar-refractivity contribution in [1.82, 2.24) is 0 Å². The molecule has 0 aliphatic heterocycles. The molecule has 0 heterocycles. The van der Waals surface area contributed by atoms with Gasteiger partial charge in [-0.2, -0.15) is 0 Å². The maximum atomic E-state index is 10.9. The predicted molar refractivity (Wildman–Crippen MR) is 115 cm³/mol. The minimum absolute atomic E-state index is 0.0106. The number of rotatable bonds is 4. The fraction of sp³-hybridized carbons (Fsp3) is 0.440. The second-order valence-electron chi connectivity index (χ2n) is 9.29. The fourth-order valence-electron chi connectivity index (χ4n) is 3.27. The van der Waals surface area contributed by atoms with Gasteiger partial charge < -0.3 is 9.84 Å². The summed E-state index contributed by atoms with van der Waals surface area (Å²) in [6.45, 7) is 17.2. The predicted octanol–water partition coefficient (Wildman–Crippen LogP) is 7.31. The van der Waals surface area contributed by atoms with Crippen molar-refractivity contribution in [3.63, 3.8) is 0 Å². The first-order valence-electron chi connectivity index (χ1n) is 9.76. The van der Waals surface area contributed by atoms with E-state index in [-0.39, 0.29) is 16.8 Å². The van der Waals surface area contributed by atoms with Gasteiger partial charge in [0.25, 0.3) is 5.95 Å². The summed E-state index contributed by atoms with van der Waals surface area (Å²) in [7, 11) is 0. The van der Waals surface area contributed by atoms with Gasteiger partial charge in [0, 0.05) is 16.7 Å². The molecule has 0 unspecified atom stereocenters. The molecule has 0 fully saturated rings. The Morgan fingerprint density at radius 2 is 1.37 bits per heavy atom. The van der Waals surface area contributed by atoms with E-state index in [1.54, 1.807) is 0 Å². The molecule has 0 amide bonds. The number of hydrogen-bond acceptors (Lipinski definition) is 2. The molecule has 2 nitrogen and oxygen atoms in total. The summed E-state index contributed by atoms with van der Waals surface area (Å²) in [5, 5.41) is 10.9. The molecule has 0 saturated heterocycles. The minimum atomic E-state index is -0.0965. The normalized spacial score (nSPS) is 13.3. The van der Waals surface area contributed by atoms with Gasteiger partial charge in [-0.1, -0.05) is 96.5 Å². The Bertz CT molecular complexity index is 781. The first kappa shape index (κ1) is 21.1. The van der Waals surface area contributed by atoms with Crippen LogP contribution in [-0.2, 0) is 10.8 Å². The van der Waals surface area contributed by atoms with Crippen LogP contribution in [0.1, 0.15) is 77.1 Å². The van der Waals surface area contributed by atoms with Crippen LogP contribution < -0.4 is 4.74 Å². The zero-order valence-corrected chi connectivity index (χ0v) is 18.1. The van der Waals surface area contributed by atoms with E-state index in [4.69, 9.17) is 4.74 Å². The molecule has 0 bridgehead atoms. The third kappa shape index (κ3) is 4.94. The molecular formula is C25H34O2. The van der Waals surface area contributed by atoms with Gasteiger partial charge in [-0.25, -0.2) is 0 Å². The van der Waals surface area contributed by atoms with Gasteiger partial charge in [0.2, 0.25) is 0 Å². The van der Waals surface area contributed by atoms with E-state index >= 15 is 0 Å². The minimum Gasteiger partial charge on any atom is -0.480 e. The third-order valence-corrected chi connectivity index (χ3v) is 4.78. The number of ether oxygens (including phenoxy) is 1. The number of allylic oxidation sites excluding steroid dienone is 1. The summed E-state index contributed by atoms with van der Waals surface area (Å²) in [4.78, 5) is 0. The van der Waals surface area contributed by atoms with Crippen LogP contribution in [0.15, 0.2) is 48.4 Å². The lowest BCUT2D eigenvalue weighted by Crippen LogP contribution is -2.20. The molecule has 0 atom stereocenters. The molecule has 0 radical (unpaired) electrons. The van der Waals surface area contributed by atoms with Crippen LogP contribution in [-0.4, -0.2) is 5.11 Å². The van der Waals surface area contributed by atoms with Crippen LogP contribution in [0, 0.1) is 6.92 Å². The van der Waals surface area contributed by atoms with Gasteiger partial charge >= 0.3 is 0 Å². The van der Waals surface area contributed by atoms with E-state index in [9.17, 15) is 5.11 Å². The van der Waals surface area contributed by atoms with E-state index in [0.29, 0.717) is 6.42 Å². The first-order chi connectivity index (χ1) is 12.4. The van der Waals surface area contributed by atoms with Crippen molar-refractivity contribution in [2.45, 2.75) is 72.6 Å². The largest absolute Gasteiger partial charge is 0.480 e. The molecule has 2 heteroatoms. The van der Waals surface area contributed by atoms with Gasteiger partial charge in [-0.3, -0.25) is 0 Å². The Hall–Kier alpha value is -2.22. The molecule has 0 aliphatic carbocycles. The monoisotopic (exact) mass is 366 g/mol. The highest BCUT2D eigenvalue weighted by atomic mass is 16.6. The molecule has 0 saturated carbocycles. The number of aliphatic hydroxyl groups is 1. The molecule has 2 rings (SSSR count). The summed E-state index contributed by atoms with van der Waals surface area (Å²) >= 11 is 0. The van der Waals surface area contributed by atoms with E-state index in [1.165, 1.54) is 5.56 Å². The molecule has 0 aromatic heterocycles. The SMILES string of the molecule is CC/C(=C(/O)Oc1c(C(C)(C)C)cc(C)cc1C(C)(C)C)c1ccccc1. The van der Waals surface area contributed by atoms with E-state index in [2.05, 4.69) is 60.6 Å². The number of hydrogen-bond donors (Lipinski definition) is 1. The van der Waals surface area contributed by atoms with Gasteiger partial charge in [-0.05, 0) is 29.7 Å². The second kappa shape index (κ2) is 7.80. The molecule has 2 aromatic rings. The van der Waals surface area contributed by atoms with Crippen molar-refractivity contribution < 1.29 is 9.84 Å². The topological polar surface area (TPSA) is 29.5 Å². The average molecular weight is 367 g/mol. The summed E-state index contributed by atoms with van der Waals surface area (Å²) in [5.41, 5.74) is 5.04. The Balaban J connectivity index is 2.68. The first-order valence-corrected chi connectivity index (χ1v) is 9.76. The lowest BCUT2D eigenvalue weighted by Gasteiger charge is -2.30. The van der Waals surface area contributed by atoms with Crippen LogP contribution in [0.4, 0.5) is 0 Å². The molecule has 0 aliphatic rings. The summed E-state index contributed by atoms with van der Waals surface area (Å²) in [6.07, 6.45) is 0.692. The van der Waals surface area contributed by atoms with Crippen molar-refractivity contribution in [2.24, 2.45) is 0 Å². The smallest absolute Gasteiger partial charge is 0.286 e. The lowest BCUT2D eigenvalue weighted by molar-refractivity contribution is 0.204. The van der Waals surface area contributed by atoms with Crippen LogP contribution in [0.5, 0.6) is 5.75 Å².